The summed E-state index contributed by atoms with van der Waals surface area (Å²) in [7, 11) is 0. The van der Waals surface area contributed by atoms with Gasteiger partial charge < -0.3 is 5.73 Å². The highest BCUT2D eigenvalue weighted by atomic mass is 16.1. The predicted octanol–water partition coefficient (Wildman–Crippen LogP) is 7.11. The number of allylic oxidation sites excluding steroid dienone is 2. The minimum atomic E-state index is -0.164. The Bertz CT molecular complexity index is 259. The summed E-state index contributed by atoms with van der Waals surface area (Å²) >= 11 is 0. The number of rotatable bonds is 15. The van der Waals surface area contributed by atoms with Crippen molar-refractivity contribution in [1.82, 2.24) is 0 Å². The van der Waals surface area contributed by atoms with Gasteiger partial charge in [0.05, 0.1) is 0 Å². The molecule has 0 aromatic rings. The Hall–Kier alpha value is -1.31. The van der Waals surface area contributed by atoms with Crippen LogP contribution in [-0.4, -0.2) is 5.91 Å². The van der Waals surface area contributed by atoms with Crippen molar-refractivity contribution < 1.29 is 4.79 Å². The molecule has 0 aromatic heterocycles. The molecular formula is C22H43NO. The molecule has 0 atom stereocenters. The van der Waals surface area contributed by atoms with Crippen LogP contribution in [-0.2, 0) is 4.79 Å². The van der Waals surface area contributed by atoms with Gasteiger partial charge in [0.1, 0.15) is 0 Å². The molecule has 0 aliphatic rings. The number of carbonyl (C=O) groups excluding carboxylic acids is 1. The molecule has 2 nitrogen and oxygen atoms in total. The molecule has 0 spiro atoms. The molecule has 0 bridgehead atoms. The highest BCUT2D eigenvalue weighted by molar-refractivity contribution is 5.73. The van der Waals surface area contributed by atoms with Crippen molar-refractivity contribution in [2.24, 2.45) is 5.73 Å². The second-order valence-corrected chi connectivity index (χ2v) is 5.80. The van der Waals surface area contributed by atoms with Crippen LogP contribution in [0, 0.1) is 0 Å². The van der Waals surface area contributed by atoms with Crippen LogP contribution in [0.1, 0.15) is 96.8 Å². The molecular weight excluding hydrogens is 294 g/mol. The fourth-order valence-corrected chi connectivity index (χ4v) is 2.37. The molecule has 1 amide bonds. The maximum absolute atomic E-state index is 10.5. The molecule has 24 heavy (non-hydrogen) atoms. The number of primary amides is 1. The molecule has 2 heteroatoms. The number of unbranched alkanes of at least 4 members (excludes halogenated alkanes) is 11. The number of hydrogen-bond acceptors (Lipinski definition) is 1. The molecule has 0 unspecified atom stereocenters. The molecule has 0 saturated carbocycles. The maximum Gasteiger partial charge on any atom is 0.217 e. The number of amides is 1. The Morgan fingerprint density at radius 3 is 1.50 bits per heavy atom. The van der Waals surface area contributed by atoms with E-state index in [1.165, 1.54) is 70.6 Å². The molecule has 0 heterocycles. The minimum absolute atomic E-state index is 0.164. The third-order valence-electron chi connectivity index (χ3n) is 3.68. The molecule has 0 saturated heterocycles. The summed E-state index contributed by atoms with van der Waals surface area (Å²) in [5.74, 6) is -0.164. The van der Waals surface area contributed by atoms with E-state index in [4.69, 9.17) is 5.73 Å². The van der Waals surface area contributed by atoms with Gasteiger partial charge in [-0.1, -0.05) is 70.4 Å². The summed E-state index contributed by atoms with van der Waals surface area (Å²) < 4.78 is 0. The Morgan fingerprint density at radius 2 is 1.08 bits per heavy atom. The fourth-order valence-electron chi connectivity index (χ4n) is 2.37. The van der Waals surface area contributed by atoms with Crippen LogP contribution in [0.15, 0.2) is 38.5 Å². The summed E-state index contributed by atoms with van der Waals surface area (Å²) in [5, 5.41) is 0. The first-order valence-corrected chi connectivity index (χ1v) is 9.70. The van der Waals surface area contributed by atoms with E-state index in [0.717, 1.165) is 12.8 Å². The fraction of sp³-hybridized carbons (Fsp3) is 0.682. The highest BCUT2D eigenvalue weighted by Crippen LogP contribution is 2.09. The lowest BCUT2D eigenvalue weighted by Gasteiger charge is -1.99. The first-order valence-electron chi connectivity index (χ1n) is 9.70. The van der Waals surface area contributed by atoms with E-state index < -0.39 is 0 Å². The summed E-state index contributed by atoms with van der Waals surface area (Å²) in [6.07, 6.45) is 21.9. The van der Waals surface area contributed by atoms with Gasteiger partial charge in [-0.3, -0.25) is 4.79 Å². The van der Waals surface area contributed by atoms with Crippen LogP contribution in [0.4, 0.5) is 0 Å². The maximum atomic E-state index is 10.5. The van der Waals surface area contributed by atoms with E-state index in [0.29, 0.717) is 6.42 Å². The van der Waals surface area contributed by atoms with E-state index in [1.54, 1.807) is 0 Å². The van der Waals surface area contributed by atoms with Crippen LogP contribution in [0.5, 0.6) is 0 Å². The van der Waals surface area contributed by atoms with Crippen molar-refractivity contribution in [1.29, 1.82) is 0 Å². The highest BCUT2D eigenvalue weighted by Gasteiger charge is 1.94. The van der Waals surface area contributed by atoms with E-state index >= 15 is 0 Å². The monoisotopic (exact) mass is 337 g/mol. The molecule has 0 aliphatic carbocycles. The molecule has 0 aliphatic heterocycles. The second kappa shape index (κ2) is 29.7. The van der Waals surface area contributed by atoms with Gasteiger partial charge in [-0.15, -0.1) is 26.3 Å². The van der Waals surface area contributed by atoms with Gasteiger partial charge >= 0.3 is 0 Å². The number of nitrogens with two attached hydrogens (primary N) is 1. The van der Waals surface area contributed by atoms with Crippen molar-refractivity contribution in [3.63, 3.8) is 0 Å². The summed E-state index contributed by atoms with van der Waals surface area (Å²) in [4.78, 5) is 10.5. The van der Waals surface area contributed by atoms with Gasteiger partial charge in [0.25, 0.3) is 0 Å². The van der Waals surface area contributed by atoms with E-state index in [-0.39, 0.29) is 5.91 Å². The molecule has 0 rings (SSSR count). The lowest BCUT2D eigenvalue weighted by atomic mass is 10.1. The zero-order valence-electron chi connectivity index (χ0n) is 16.4. The molecule has 0 fully saturated rings. The van der Waals surface area contributed by atoms with Gasteiger partial charge in [-0.2, -0.15) is 0 Å². The lowest BCUT2D eigenvalue weighted by molar-refractivity contribution is -0.118. The average molecular weight is 338 g/mol. The molecule has 0 aromatic carbocycles. The van der Waals surface area contributed by atoms with Crippen molar-refractivity contribution in [3.8, 4) is 0 Å². The molecule has 142 valence electrons. The first kappa shape index (κ1) is 27.5. The number of carbonyl (C=O) groups is 1. The van der Waals surface area contributed by atoms with E-state index in [1.807, 2.05) is 0 Å². The summed E-state index contributed by atoms with van der Waals surface area (Å²) in [6.45, 7) is 14.3. The minimum Gasteiger partial charge on any atom is -0.370 e. The zero-order valence-corrected chi connectivity index (χ0v) is 16.4. The van der Waals surface area contributed by atoms with Crippen LogP contribution < -0.4 is 5.73 Å². The topological polar surface area (TPSA) is 43.1 Å². The zero-order chi connectivity index (χ0) is 18.9. The third kappa shape index (κ3) is 32.6. The standard InChI is InChI=1S/C18H35NO.2C2H4/c1-2-3-4-5-6-7-8-9-10-11-12-13-14-15-16-17-18(19)20;2*1-2/h9-10H,2-8,11-17H2,1H3,(H2,19,20);2*1-2H2/b10-9-;;. The Kier molecular flexibility index (Phi) is 34.0. The van der Waals surface area contributed by atoms with Gasteiger partial charge in [-0.05, 0) is 32.1 Å². The van der Waals surface area contributed by atoms with Gasteiger partial charge in [0.15, 0.2) is 0 Å². The summed E-state index contributed by atoms with van der Waals surface area (Å²) in [6, 6.07) is 0. The van der Waals surface area contributed by atoms with Crippen LogP contribution in [0.25, 0.3) is 0 Å². The Morgan fingerprint density at radius 1 is 0.708 bits per heavy atom. The van der Waals surface area contributed by atoms with Crippen molar-refractivity contribution in [2.45, 2.75) is 96.8 Å². The average Bonchev–Trinajstić information content (AvgIpc) is 2.61. The van der Waals surface area contributed by atoms with Gasteiger partial charge in [0.2, 0.25) is 5.91 Å². The Balaban J connectivity index is -0.00000102. The molecule has 2 N–H and O–H groups in total. The van der Waals surface area contributed by atoms with E-state index in [9.17, 15) is 4.79 Å². The predicted molar refractivity (Wildman–Crippen MR) is 111 cm³/mol. The SMILES string of the molecule is C=C.C=C.CCCCCCCC/C=C\CCCCCCCC(N)=O. The van der Waals surface area contributed by atoms with Gasteiger partial charge in [0, 0.05) is 6.42 Å². The van der Waals surface area contributed by atoms with Crippen molar-refractivity contribution >= 4 is 5.91 Å². The lowest BCUT2D eigenvalue weighted by Crippen LogP contribution is -2.09. The second-order valence-electron chi connectivity index (χ2n) is 5.80. The number of hydrogen-bond donors (Lipinski definition) is 1. The Labute approximate surface area is 152 Å². The summed E-state index contributed by atoms with van der Waals surface area (Å²) in [5.41, 5.74) is 5.10. The largest absolute Gasteiger partial charge is 0.370 e. The normalized spacial score (nSPS) is 9.71. The van der Waals surface area contributed by atoms with Crippen LogP contribution in [0.3, 0.4) is 0 Å². The van der Waals surface area contributed by atoms with Crippen LogP contribution >= 0.6 is 0 Å². The first-order chi connectivity index (χ1) is 11.8. The van der Waals surface area contributed by atoms with Crippen molar-refractivity contribution in [2.75, 3.05) is 0 Å². The van der Waals surface area contributed by atoms with E-state index in [2.05, 4.69) is 45.4 Å². The molecule has 0 radical (unpaired) electrons. The van der Waals surface area contributed by atoms with Gasteiger partial charge in [-0.25, -0.2) is 0 Å². The third-order valence-corrected chi connectivity index (χ3v) is 3.68. The smallest absolute Gasteiger partial charge is 0.217 e. The van der Waals surface area contributed by atoms with Crippen LogP contribution in [0.2, 0.25) is 0 Å². The quantitative estimate of drug-likeness (QED) is 0.251. The van der Waals surface area contributed by atoms with Crippen molar-refractivity contribution in [3.05, 3.63) is 38.5 Å².